The second-order valence-corrected chi connectivity index (χ2v) is 13.1. The lowest BCUT2D eigenvalue weighted by Crippen LogP contribution is -2.31. The van der Waals surface area contributed by atoms with Crippen LogP contribution in [-0.4, -0.2) is 69.1 Å². The number of esters is 1. The molecule has 7 heteroatoms. The first-order chi connectivity index (χ1) is 20.3. The lowest BCUT2D eigenvalue weighted by Gasteiger charge is -2.22. The van der Waals surface area contributed by atoms with Gasteiger partial charge in [0.2, 0.25) is 0 Å². The van der Waals surface area contributed by atoms with E-state index in [2.05, 4.69) is 6.92 Å². The Hall–Kier alpha value is -0.990. The van der Waals surface area contributed by atoms with Crippen molar-refractivity contribution in [3.8, 4) is 0 Å². The second kappa shape index (κ2) is 22.5. The van der Waals surface area contributed by atoms with Crippen molar-refractivity contribution in [2.45, 2.75) is 204 Å². The van der Waals surface area contributed by atoms with Crippen LogP contribution in [0.2, 0.25) is 0 Å². The molecule has 4 N–H and O–H groups in total. The fourth-order valence-corrected chi connectivity index (χ4v) is 6.42. The van der Waals surface area contributed by atoms with Gasteiger partial charge in [0.05, 0.1) is 36.6 Å². The van der Waals surface area contributed by atoms with Gasteiger partial charge in [-0.15, -0.1) is 0 Å². The van der Waals surface area contributed by atoms with E-state index in [4.69, 9.17) is 9.47 Å². The van der Waals surface area contributed by atoms with Crippen LogP contribution in [0.3, 0.4) is 0 Å². The summed E-state index contributed by atoms with van der Waals surface area (Å²) >= 11 is 0. The minimum atomic E-state index is -0.530. The van der Waals surface area contributed by atoms with Crippen LogP contribution in [0.15, 0.2) is 11.6 Å². The molecule has 42 heavy (non-hydrogen) atoms. The molecule has 246 valence electrons. The average molecular weight is 597 g/mol. The van der Waals surface area contributed by atoms with E-state index in [0.717, 1.165) is 70.6 Å². The topological polar surface area (TPSA) is 116 Å². The van der Waals surface area contributed by atoms with Gasteiger partial charge in [-0.2, -0.15) is 0 Å². The molecular weight excluding hydrogens is 532 g/mol. The van der Waals surface area contributed by atoms with E-state index in [0.29, 0.717) is 24.8 Å². The van der Waals surface area contributed by atoms with Gasteiger partial charge in [0.25, 0.3) is 0 Å². The molecule has 2 heterocycles. The van der Waals surface area contributed by atoms with Crippen molar-refractivity contribution in [1.82, 2.24) is 0 Å². The third kappa shape index (κ3) is 16.2. The predicted octanol–water partition coefficient (Wildman–Crippen LogP) is 7.06. The minimum absolute atomic E-state index is 0.147. The van der Waals surface area contributed by atoms with E-state index in [-0.39, 0.29) is 30.4 Å². The van der Waals surface area contributed by atoms with Crippen LogP contribution in [0.5, 0.6) is 0 Å². The summed E-state index contributed by atoms with van der Waals surface area (Å²) in [5, 5.41) is 41.7. The first-order valence-corrected chi connectivity index (χ1v) is 17.6. The molecule has 1 saturated heterocycles. The fourth-order valence-electron chi connectivity index (χ4n) is 6.42. The van der Waals surface area contributed by atoms with Crippen molar-refractivity contribution in [2.75, 3.05) is 0 Å². The summed E-state index contributed by atoms with van der Waals surface area (Å²) in [6.07, 6.45) is 22.4. The van der Waals surface area contributed by atoms with Crippen LogP contribution in [0.25, 0.3) is 0 Å². The monoisotopic (exact) mass is 596 g/mol. The van der Waals surface area contributed by atoms with Crippen LogP contribution < -0.4 is 0 Å². The smallest absolute Gasteiger partial charge is 0.334 e. The molecule has 2 aliphatic rings. The number of aliphatic hydroxyl groups is 4. The molecule has 0 aliphatic carbocycles. The zero-order valence-electron chi connectivity index (χ0n) is 26.9. The SMILES string of the molecule is CCCCCCCCCCCC[C@@H](O)[C@H]1CC[C@H]([C@H](O)CCCC[C@H](O)CCCCC[C@H](O)CC2=C[C@@H](C)OC2=O)O1. The Bertz CT molecular complexity index is 726. The molecule has 0 aromatic heterocycles. The molecule has 2 rings (SSSR count). The first-order valence-electron chi connectivity index (χ1n) is 17.6. The highest BCUT2D eigenvalue weighted by atomic mass is 16.5. The average Bonchev–Trinajstić information content (AvgIpc) is 3.58. The number of aliphatic hydroxyl groups excluding tert-OH is 4. The number of carbonyl (C=O) groups is 1. The zero-order valence-corrected chi connectivity index (χ0v) is 26.9. The third-order valence-corrected chi connectivity index (χ3v) is 9.11. The fraction of sp³-hybridized carbons (Fsp3) is 0.914. The maximum atomic E-state index is 11.6. The summed E-state index contributed by atoms with van der Waals surface area (Å²) in [5.41, 5.74) is 0.576. The van der Waals surface area contributed by atoms with Gasteiger partial charge in [-0.1, -0.05) is 103 Å². The summed E-state index contributed by atoms with van der Waals surface area (Å²) in [4.78, 5) is 11.6. The quantitative estimate of drug-likeness (QED) is 0.0624. The van der Waals surface area contributed by atoms with E-state index in [1.165, 1.54) is 57.8 Å². The van der Waals surface area contributed by atoms with E-state index in [1.54, 1.807) is 6.08 Å². The molecule has 0 aromatic carbocycles. The minimum Gasteiger partial charge on any atom is -0.455 e. The predicted molar refractivity (Wildman–Crippen MR) is 168 cm³/mol. The van der Waals surface area contributed by atoms with E-state index >= 15 is 0 Å². The number of carbonyl (C=O) groups excluding carboxylic acids is 1. The molecule has 0 amide bonds. The van der Waals surface area contributed by atoms with Gasteiger partial charge in [-0.3, -0.25) is 0 Å². The van der Waals surface area contributed by atoms with Crippen LogP contribution in [-0.2, 0) is 14.3 Å². The van der Waals surface area contributed by atoms with Crippen molar-refractivity contribution in [3.05, 3.63) is 11.6 Å². The van der Waals surface area contributed by atoms with E-state index < -0.39 is 18.3 Å². The summed E-state index contributed by atoms with van der Waals surface area (Å²) < 4.78 is 11.1. The van der Waals surface area contributed by atoms with Crippen LogP contribution in [0.4, 0.5) is 0 Å². The molecule has 7 nitrogen and oxygen atoms in total. The molecule has 7 atom stereocenters. The molecule has 2 aliphatic heterocycles. The highest BCUT2D eigenvalue weighted by Crippen LogP contribution is 2.28. The van der Waals surface area contributed by atoms with E-state index in [1.807, 2.05) is 6.92 Å². The van der Waals surface area contributed by atoms with Gasteiger partial charge < -0.3 is 29.9 Å². The lowest BCUT2D eigenvalue weighted by molar-refractivity contribution is -0.139. The summed E-state index contributed by atoms with van der Waals surface area (Å²) in [6.45, 7) is 4.07. The van der Waals surface area contributed by atoms with E-state index in [9.17, 15) is 25.2 Å². The van der Waals surface area contributed by atoms with Crippen molar-refractivity contribution in [1.29, 1.82) is 0 Å². The van der Waals surface area contributed by atoms with Crippen molar-refractivity contribution in [2.24, 2.45) is 0 Å². The number of rotatable bonds is 26. The molecule has 0 unspecified atom stereocenters. The normalized spacial score (nSPS) is 23.5. The van der Waals surface area contributed by atoms with Crippen molar-refractivity contribution < 1.29 is 34.7 Å². The second-order valence-electron chi connectivity index (χ2n) is 13.1. The Morgan fingerprint density at radius 2 is 1.10 bits per heavy atom. The van der Waals surface area contributed by atoms with Gasteiger partial charge in [0.1, 0.15) is 6.10 Å². The number of hydrogen-bond donors (Lipinski definition) is 4. The molecule has 0 radical (unpaired) electrons. The Labute approximate surface area is 256 Å². The van der Waals surface area contributed by atoms with Crippen molar-refractivity contribution in [3.63, 3.8) is 0 Å². The molecular formula is C35H64O7. The standard InChI is InChI=1S/C35H64O7/c1-3-4-5-6-7-8-9-10-11-15-21-31(38)33-23-24-34(42-33)32(39)22-17-16-19-29(36)18-13-12-14-20-30(37)26-28-25-27(2)41-35(28)40/h25,27,29-34,36-39H,3-24,26H2,1-2H3/t27-,29-,30+,31-,32-,33-,34-/m1/s1. The first kappa shape index (κ1) is 37.2. The van der Waals surface area contributed by atoms with Gasteiger partial charge in [-0.05, 0) is 57.9 Å². The summed E-state index contributed by atoms with van der Waals surface area (Å²) in [5.74, 6) is -0.314. The lowest BCUT2D eigenvalue weighted by atomic mass is 9.99. The third-order valence-electron chi connectivity index (χ3n) is 9.11. The van der Waals surface area contributed by atoms with Gasteiger partial charge >= 0.3 is 5.97 Å². The highest BCUT2D eigenvalue weighted by molar-refractivity contribution is 5.90. The highest BCUT2D eigenvalue weighted by Gasteiger charge is 2.34. The van der Waals surface area contributed by atoms with Gasteiger partial charge in [-0.25, -0.2) is 4.79 Å². The Kier molecular flexibility index (Phi) is 19.9. The molecule has 1 fully saturated rings. The number of unbranched alkanes of at least 4 members (excludes halogenated alkanes) is 12. The number of cyclic esters (lactones) is 1. The number of hydrogen-bond acceptors (Lipinski definition) is 7. The van der Waals surface area contributed by atoms with Crippen LogP contribution in [0, 0.1) is 0 Å². The largest absolute Gasteiger partial charge is 0.455 e. The maximum Gasteiger partial charge on any atom is 0.334 e. The molecule has 0 spiro atoms. The zero-order chi connectivity index (χ0) is 30.6. The molecule has 0 aromatic rings. The number of ether oxygens (including phenoxy) is 2. The molecule has 0 saturated carbocycles. The van der Waals surface area contributed by atoms with Gasteiger partial charge in [0, 0.05) is 12.0 Å². The maximum absolute atomic E-state index is 11.6. The Morgan fingerprint density at radius 3 is 1.62 bits per heavy atom. The van der Waals surface area contributed by atoms with Crippen LogP contribution >= 0.6 is 0 Å². The summed E-state index contributed by atoms with van der Waals surface area (Å²) in [6, 6.07) is 0. The molecule has 0 bridgehead atoms. The van der Waals surface area contributed by atoms with Gasteiger partial charge in [0.15, 0.2) is 0 Å². The van der Waals surface area contributed by atoms with Crippen molar-refractivity contribution >= 4 is 5.97 Å². The summed E-state index contributed by atoms with van der Waals surface area (Å²) in [7, 11) is 0. The Morgan fingerprint density at radius 1 is 0.667 bits per heavy atom. The van der Waals surface area contributed by atoms with Crippen LogP contribution in [0.1, 0.15) is 162 Å². The Balaban J connectivity index is 1.41.